The molecule has 0 bridgehead atoms. The van der Waals surface area contributed by atoms with E-state index in [-0.39, 0.29) is 36.4 Å². The molecule has 4 atom stereocenters. The van der Waals surface area contributed by atoms with Gasteiger partial charge in [-0.15, -0.1) is 0 Å². The molecule has 4 aliphatic rings. The average molecular weight is 544 g/mol. The van der Waals surface area contributed by atoms with E-state index in [0.29, 0.717) is 51.7 Å². The van der Waals surface area contributed by atoms with Crippen molar-refractivity contribution in [1.82, 2.24) is 14.7 Å². The van der Waals surface area contributed by atoms with Crippen molar-refractivity contribution in [3.05, 3.63) is 11.6 Å². The number of hydrogen-bond donors (Lipinski definition) is 0. The number of allylic oxidation sites excluding steroid dienone is 1. The van der Waals surface area contributed by atoms with Crippen molar-refractivity contribution in [3.63, 3.8) is 0 Å². The highest BCUT2D eigenvalue weighted by Crippen LogP contribution is 2.52. The third-order valence-electron chi connectivity index (χ3n) is 8.78. The molecule has 0 N–H and O–H groups in total. The van der Waals surface area contributed by atoms with Crippen molar-refractivity contribution in [2.45, 2.75) is 76.8 Å². The standard InChI is InChI=1S/C28H47F2N3O5/c1-20(2)8-15-36-27(3,4)25-24(35-5)22(6-9-28(25)19-37-28)38-26(34)33-16-21(17-33)7-10-31-11-13-32(14-12-31)18-23(29)30/h8,21-25H,6-7,9-19H2,1-5H3/t22-,24-,25-,28+/m1/s1. The predicted octanol–water partition coefficient (Wildman–Crippen LogP) is 3.65. The van der Waals surface area contributed by atoms with Crippen LogP contribution in [-0.4, -0.2) is 123 Å². The van der Waals surface area contributed by atoms with Crippen molar-refractivity contribution in [1.29, 1.82) is 0 Å². The molecule has 0 unspecified atom stereocenters. The fraction of sp³-hybridized carbons (Fsp3) is 0.893. The van der Waals surface area contributed by atoms with E-state index in [2.05, 4.69) is 38.7 Å². The van der Waals surface area contributed by atoms with E-state index in [1.807, 2.05) is 4.90 Å². The lowest BCUT2D eigenvalue weighted by molar-refractivity contribution is -0.175. The van der Waals surface area contributed by atoms with E-state index in [0.717, 1.165) is 32.5 Å². The van der Waals surface area contributed by atoms with E-state index in [1.54, 1.807) is 12.0 Å². The lowest BCUT2D eigenvalue weighted by Crippen LogP contribution is -2.60. The fourth-order valence-electron chi connectivity index (χ4n) is 6.45. The highest BCUT2D eigenvalue weighted by molar-refractivity contribution is 5.69. The highest BCUT2D eigenvalue weighted by Gasteiger charge is 2.64. The Bertz CT molecular complexity index is 819. The monoisotopic (exact) mass is 543 g/mol. The van der Waals surface area contributed by atoms with Crippen LogP contribution in [0.4, 0.5) is 13.6 Å². The predicted molar refractivity (Wildman–Crippen MR) is 140 cm³/mol. The fourth-order valence-corrected chi connectivity index (χ4v) is 6.45. The summed E-state index contributed by atoms with van der Waals surface area (Å²) in [5, 5.41) is 0. The Morgan fingerprint density at radius 1 is 1.16 bits per heavy atom. The van der Waals surface area contributed by atoms with Gasteiger partial charge in [0.15, 0.2) is 0 Å². The molecule has 4 rings (SSSR count). The van der Waals surface area contributed by atoms with Gasteiger partial charge in [-0.05, 0) is 59.4 Å². The van der Waals surface area contributed by atoms with E-state index in [9.17, 15) is 13.6 Å². The van der Waals surface area contributed by atoms with Crippen molar-refractivity contribution < 1.29 is 32.5 Å². The van der Waals surface area contributed by atoms with Crippen LogP contribution in [0.2, 0.25) is 0 Å². The van der Waals surface area contributed by atoms with Crippen LogP contribution in [0, 0.1) is 11.8 Å². The molecule has 0 aromatic heterocycles. The number of piperazine rings is 1. The summed E-state index contributed by atoms with van der Waals surface area (Å²) in [5.41, 5.74) is 0.420. The van der Waals surface area contributed by atoms with Gasteiger partial charge in [-0.3, -0.25) is 4.90 Å². The molecular formula is C28H47F2N3O5. The minimum Gasteiger partial charge on any atom is -0.443 e. The molecule has 1 spiro atoms. The first kappa shape index (κ1) is 29.6. The van der Waals surface area contributed by atoms with Gasteiger partial charge >= 0.3 is 6.09 Å². The lowest BCUT2D eigenvalue weighted by atomic mass is 9.68. The second kappa shape index (κ2) is 12.5. The van der Waals surface area contributed by atoms with Crippen LogP contribution in [0.1, 0.15) is 47.0 Å². The molecule has 1 amide bonds. The van der Waals surface area contributed by atoms with Crippen LogP contribution < -0.4 is 0 Å². The second-order valence-electron chi connectivity index (χ2n) is 12.3. The SMILES string of the molecule is CO[C@H]1[C@H](C(C)(C)OCC=C(C)C)[C@]2(CC[C@H]1OC(=O)N1CC(CCN3CCN(CC(F)F)CC3)C1)CO2. The Balaban J connectivity index is 1.23. The summed E-state index contributed by atoms with van der Waals surface area (Å²) >= 11 is 0. The summed E-state index contributed by atoms with van der Waals surface area (Å²) in [6, 6.07) is 0. The first-order valence-electron chi connectivity index (χ1n) is 14.2. The first-order valence-corrected chi connectivity index (χ1v) is 14.2. The third kappa shape index (κ3) is 7.24. The minimum atomic E-state index is -2.27. The lowest BCUT2D eigenvalue weighted by Gasteiger charge is -2.48. The van der Waals surface area contributed by atoms with Gasteiger partial charge in [-0.25, -0.2) is 13.6 Å². The molecule has 218 valence electrons. The summed E-state index contributed by atoms with van der Waals surface area (Å²) in [4.78, 5) is 19.0. The summed E-state index contributed by atoms with van der Waals surface area (Å²) in [5.74, 6) is 0.395. The number of halogens is 2. The van der Waals surface area contributed by atoms with E-state index in [4.69, 9.17) is 18.9 Å². The molecule has 1 saturated carbocycles. The van der Waals surface area contributed by atoms with E-state index in [1.165, 1.54) is 5.57 Å². The van der Waals surface area contributed by atoms with Gasteiger partial charge in [0.2, 0.25) is 0 Å². The van der Waals surface area contributed by atoms with Crippen molar-refractivity contribution >= 4 is 6.09 Å². The topological polar surface area (TPSA) is 67.0 Å². The Kier molecular flexibility index (Phi) is 9.72. The Morgan fingerprint density at radius 3 is 2.39 bits per heavy atom. The maximum Gasteiger partial charge on any atom is 0.410 e. The van der Waals surface area contributed by atoms with Crippen LogP contribution in [0.5, 0.6) is 0 Å². The average Bonchev–Trinajstić information content (AvgIpc) is 3.58. The largest absolute Gasteiger partial charge is 0.443 e. The van der Waals surface area contributed by atoms with E-state index >= 15 is 0 Å². The number of hydrogen-bond acceptors (Lipinski definition) is 7. The molecule has 0 radical (unpaired) electrons. The Labute approximate surface area is 226 Å². The van der Waals surface area contributed by atoms with E-state index < -0.39 is 12.0 Å². The Morgan fingerprint density at radius 2 is 1.82 bits per heavy atom. The second-order valence-corrected chi connectivity index (χ2v) is 12.3. The van der Waals surface area contributed by atoms with Crippen molar-refractivity contribution in [2.75, 3.05) is 72.7 Å². The van der Waals surface area contributed by atoms with Gasteiger partial charge in [-0.2, -0.15) is 0 Å². The molecule has 0 aromatic rings. The molecular weight excluding hydrogens is 496 g/mol. The van der Waals surface area contributed by atoms with Gasteiger partial charge in [0.25, 0.3) is 6.43 Å². The molecule has 10 heteroatoms. The van der Waals surface area contributed by atoms with Gasteiger partial charge in [0.05, 0.1) is 31.0 Å². The zero-order valence-corrected chi connectivity index (χ0v) is 23.8. The zero-order chi connectivity index (χ0) is 27.5. The summed E-state index contributed by atoms with van der Waals surface area (Å²) in [6.07, 6.45) is 1.40. The molecule has 3 saturated heterocycles. The van der Waals surface area contributed by atoms with Crippen LogP contribution in [0.25, 0.3) is 0 Å². The summed E-state index contributed by atoms with van der Waals surface area (Å²) in [6.45, 7) is 14.7. The van der Waals surface area contributed by atoms with Crippen molar-refractivity contribution in [2.24, 2.45) is 11.8 Å². The van der Waals surface area contributed by atoms with Gasteiger partial charge < -0.3 is 28.7 Å². The first-order chi connectivity index (χ1) is 18.0. The maximum atomic E-state index is 13.0. The van der Waals surface area contributed by atoms with Gasteiger partial charge in [0.1, 0.15) is 12.2 Å². The number of likely N-dealkylation sites (tertiary alicyclic amines) is 1. The quantitative estimate of drug-likeness (QED) is 0.291. The minimum absolute atomic E-state index is 0.0533. The molecule has 38 heavy (non-hydrogen) atoms. The number of nitrogens with zero attached hydrogens (tertiary/aromatic N) is 3. The molecule has 0 aromatic carbocycles. The third-order valence-corrected chi connectivity index (χ3v) is 8.78. The number of amides is 1. The van der Waals surface area contributed by atoms with Crippen LogP contribution in [0.3, 0.4) is 0 Å². The van der Waals surface area contributed by atoms with Crippen LogP contribution in [0.15, 0.2) is 11.6 Å². The maximum absolute atomic E-state index is 13.0. The number of epoxide rings is 1. The van der Waals surface area contributed by atoms with Gasteiger partial charge in [0, 0.05) is 52.3 Å². The molecule has 1 aliphatic carbocycles. The normalized spacial score (nSPS) is 30.9. The number of carbonyl (C=O) groups is 1. The smallest absolute Gasteiger partial charge is 0.410 e. The number of rotatable bonds is 11. The van der Waals surface area contributed by atoms with Crippen LogP contribution >= 0.6 is 0 Å². The molecule has 3 aliphatic heterocycles. The molecule has 3 heterocycles. The number of ether oxygens (including phenoxy) is 4. The zero-order valence-electron chi connectivity index (χ0n) is 23.8. The number of alkyl halides is 2. The van der Waals surface area contributed by atoms with Crippen molar-refractivity contribution in [3.8, 4) is 0 Å². The molecule has 4 fully saturated rings. The number of carbonyl (C=O) groups excluding carboxylic acids is 1. The highest BCUT2D eigenvalue weighted by atomic mass is 19.3. The molecule has 8 nitrogen and oxygen atoms in total. The summed E-state index contributed by atoms with van der Waals surface area (Å²) < 4.78 is 49.4. The number of methoxy groups -OCH3 is 1. The summed E-state index contributed by atoms with van der Waals surface area (Å²) in [7, 11) is 1.68. The van der Waals surface area contributed by atoms with Crippen LogP contribution in [-0.2, 0) is 18.9 Å². The van der Waals surface area contributed by atoms with Gasteiger partial charge in [-0.1, -0.05) is 11.6 Å². The Hall–Kier alpha value is -1.33.